The molecule has 1 aliphatic carbocycles. The van der Waals surface area contributed by atoms with Crippen LogP contribution in [0.15, 0.2) is 66.7 Å². The highest BCUT2D eigenvalue weighted by atomic mass is 35.5. The van der Waals surface area contributed by atoms with Gasteiger partial charge in [0.15, 0.2) is 0 Å². The third-order valence-electron chi connectivity index (χ3n) is 7.11. The molecule has 168 valence electrons. The number of aryl methyl sites for hydroxylation is 1. The van der Waals surface area contributed by atoms with Crippen LogP contribution in [0, 0.1) is 17.6 Å². The van der Waals surface area contributed by atoms with Crippen LogP contribution < -0.4 is 0 Å². The van der Waals surface area contributed by atoms with Gasteiger partial charge in [-0.3, -0.25) is 0 Å². The molecular weight excluding hydrogens is 422 g/mol. The average Bonchev–Trinajstić information content (AvgIpc) is 2.81. The van der Waals surface area contributed by atoms with Gasteiger partial charge in [0.05, 0.1) is 0 Å². The lowest BCUT2D eigenvalue weighted by molar-refractivity contribution is 0.310. The maximum absolute atomic E-state index is 14.8. The summed E-state index contributed by atoms with van der Waals surface area (Å²) in [5.41, 5.74) is 3.45. The zero-order chi connectivity index (χ0) is 22.5. The molecule has 1 atom stereocenters. The quantitative estimate of drug-likeness (QED) is 0.335. The van der Waals surface area contributed by atoms with Crippen molar-refractivity contribution in [3.63, 3.8) is 0 Å². The van der Waals surface area contributed by atoms with Crippen LogP contribution >= 0.6 is 11.6 Å². The first-order valence-electron chi connectivity index (χ1n) is 11.8. The third kappa shape index (κ3) is 5.78. The molecule has 0 saturated heterocycles. The van der Waals surface area contributed by atoms with Gasteiger partial charge in [-0.2, -0.15) is 0 Å². The van der Waals surface area contributed by atoms with E-state index in [1.165, 1.54) is 31.2 Å². The second-order valence-electron chi connectivity index (χ2n) is 9.36. The normalized spacial score (nSPS) is 19.6. The van der Waals surface area contributed by atoms with E-state index in [9.17, 15) is 8.78 Å². The number of hydrogen-bond acceptors (Lipinski definition) is 0. The zero-order valence-corrected chi connectivity index (χ0v) is 19.4. The molecule has 0 radical (unpaired) electrons. The van der Waals surface area contributed by atoms with Crippen LogP contribution in [-0.2, 0) is 12.8 Å². The van der Waals surface area contributed by atoms with Crippen LogP contribution in [0.3, 0.4) is 0 Å². The minimum atomic E-state index is -0.408. The number of rotatable bonds is 7. The lowest BCUT2D eigenvalue weighted by Crippen LogP contribution is -2.14. The molecule has 0 spiro atoms. The highest BCUT2D eigenvalue weighted by molar-refractivity contribution is 6.30. The van der Waals surface area contributed by atoms with Crippen LogP contribution in [-0.4, -0.2) is 0 Å². The zero-order valence-electron chi connectivity index (χ0n) is 18.7. The summed E-state index contributed by atoms with van der Waals surface area (Å²) in [4.78, 5) is 0. The summed E-state index contributed by atoms with van der Waals surface area (Å²) >= 11 is 6.00. The average molecular weight is 453 g/mol. The van der Waals surface area contributed by atoms with E-state index < -0.39 is 11.6 Å². The topological polar surface area (TPSA) is 0 Å². The molecule has 3 aromatic carbocycles. The molecule has 1 aliphatic rings. The first-order chi connectivity index (χ1) is 15.5. The van der Waals surface area contributed by atoms with Gasteiger partial charge in [-0.1, -0.05) is 61.0 Å². The summed E-state index contributed by atoms with van der Waals surface area (Å²) in [5.74, 6) is 0.483. The SMILES string of the molecule is C[C@H](Cc1c(F)cc(CCC2CCC(c3ccc(Cl)cc3)CC2)cc1F)c1ccccc1. The molecule has 0 aromatic heterocycles. The van der Waals surface area contributed by atoms with Gasteiger partial charge in [-0.05, 0) is 104 Å². The predicted octanol–water partition coefficient (Wildman–Crippen LogP) is 8.87. The van der Waals surface area contributed by atoms with Crippen molar-refractivity contribution in [2.45, 2.75) is 63.7 Å². The largest absolute Gasteiger partial charge is 0.207 e. The Bertz CT molecular complexity index is 982. The van der Waals surface area contributed by atoms with Crippen molar-refractivity contribution in [1.82, 2.24) is 0 Å². The summed E-state index contributed by atoms with van der Waals surface area (Å²) in [6, 6.07) is 21.2. The van der Waals surface area contributed by atoms with E-state index in [-0.39, 0.29) is 11.5 Å². The van der Waals surface area contributed by atoms with Crippen molar-refractivity contribution in [2.75, 3.05) is 0 Å². The van der Waals surface area contributed by atoms with Crippen LogP contribution in [0.4, 0.5) is 8.78 Å². The molecule has 1 saturated carbocycles. The Morgan fingerprint density at radius 3 is 2.12 bits per heavy atom. The van der Waals surface area contributed by atoms with Crippen molar-refractivity contribution in [1.29, 1.82) is 0 Å². The molecule has 3 heteroatoms. The standard InChI is InChI=1S/C29H31ClF2/c1-20(23-5-3-2-4-6-23)17-27-28(31)18-22(19-29(27)32)8-7-21-9-11-24(12-10-21)25-13-15-26(30)16-14-25/h2-6,13-16,18-21,24H,7-12,17H2,1H3/t20-,21?,24?/m1/s1. The molecule has 0 heterocycles. The first-order valence-corrected chi connectivity index (χ1v) is 12.1. The minimum absolute atomic E-state index is 0.0712. The number of benzene rings is 3. The molecule has 0 nitrogen and oxygen atoms in total. The molecule has 0 amide bonds. The van der Waals surface area contributed by atoms with Crippen molar-refractivity contribution in [3.05, 3.63) is 106 Å². The van der Waals surface area contributed by atoms with E-state index in [1.807, 2.05) is 49.4 Å². The van der Waals surface area contributed by atoms with Crippen LogP contribution in [0.2, 0.25) is 5.02 Å². The van der Waals surface area contributed by atoms with Gasteiger partial charge >= 0.3 is 0 Å². The van der Waals surface area contributed by atoms with Gasteiger partial charge in [0.25, 0.3) is 0 Å². The minimum Gasteiger partial charge on any atom is -0.207 e. The molecular formula is C29H31ClF2. The Hall–Kier alpha value is -2.19. The number of hydrogen-bond donors (Lipinski definition) is 0. The van der Waals surface area contributed by atoms with E-state index >= 15 is 0 Å². The van der Waals surface area contributed by atoms with Gasteiger partial charge in [0.1, 0.15) is 11.6 Å². The van der Waals surface area contributed by atoms with Gasteiger partial charge < -0.3 is 0 Å². The van der Waals surface area contributed by atoms with Crippen molar-refractivity contribution in [2.24, 2.45) is 5.92 Å². The van der Waals surface area contributed by atoms with E-state index in [1.54, 1.807) is 12.1 Å². The van der Waals surface area contributed by atoms with Gasteiger partial charge in [0, 0.05) is 10.6 Å². The van der Waals surface area contributed by atoms with Gasteiger partial charge in [-0.15, -0.1) is 0 Å². The molecule has 1 fully saturated rings. The summed E-state index contributed by atoms with van der Waals surface area (Å²) in [5, 5.41) is 0.780. The Morgan fingerprint density at radius 1 is 0.875 bits per heavy atom. The Morgan fingerprint density at radius 2 is 1.50 bits per heavy atom. The number of halogens is 3. The highest BCUT2D eigenvalue weighted by Gasteiger charge is 2.23. The van der Waals surface area contributed by atoms with E-state index in [2.05, 4.69) is 12.1 Å². The summed E-state index contributed by atoms with van der Waals surface area (Å²) < 4.78 is 29.5. The van der Waals surface area contributed by atoms with E-state index in [0.717, 1.165) is 29.0 Å². The Balaban J connectivity index is 1.31. The Kier molecular flexibility index (Phi) is 7.63. The lowest BCUT2D eigenvalue weighted by atomic mass is 9.77. The van der Waals surface area contributed by atoms with Gasteiger partial charge in [-0.25, -0.2) is 8.78 Å². The maximum atomic E-state index is 14.8. The van der Waals surface area contributed by atoms with Crippen LogP contribution in [0.25, 0.3) is 0 Å². The van der Waals surface area contributed by atoms with Crippen LogP contribution in [0.1, 0.15) is 73.1 Å². The monoisotopic (exact) mass is 452 g/mol. The third-order valence-corrected chi connectivity index (χ3v) is 7.36. The van der Waals surface area contributed by atoms with Crippen molar-refractivity contribution < 1.29 is 8.78 Å². The molecule has 0 bridgehead atoms. The molecule has 3 aromatic rings. The fourth-order valence-corrected chi connectivity index (χ4v) is 5.22. The fraction of sp³-hybridized carbons (Fsp3) is 0.379. The smallest absolute Gasteiger partial charge is 0.129 e. The van der Waals surface area contributed by atoms with Crippen molar-refractivity contribution in [3.8, 4) is 0 Å². The summed E-state index contributed by atoms with van der Waals surface area (Å²) in [7, 11) is 0. The molecule has 32 heavy (non-hydrogen) atoms. The Labute approximate surface area is 195 Å². The maximum Gasteiger partial charge on any atom is 0.129 e. The predicted molar refractivity (Wildman–Crippen MR) is 129 cm³/mol. The lowest BCUT2D eigenvalue weighted by Gasteiger charge is -2.29. The van der Waals surface area contributed by atoms with E-state index in [4.69, 9.17) is 11.6 Å². The molecule has 0 aliphatic heterocycles. The second kappa shape index (κ2) is 10.6. The fourth-order valence-electron chi connectivity index (χ4n) is 5.09. The van der Waals surface area contributed by atoms with Crippen LogP contribution in [0.5, 0.6) is 0 Å². The van der Waals surface area contributed by atoms with E-state index in [0.29, 0.717) is 18.3 Å². The summed E-state index contributed by atoms with van der Waals surface area (Å²) in [6.07, 6.45) is 6.79. The van der Waals surface area contributed by atoms with Crippen molar-refractivity contribution >= 4 is 11.6 Å². The molecule has 0 N–H and O–H groups in total. The molecule has 4 rings (SSSR count). The molecule has 0 unspecified atom stereocenters. The first kappa shape index (κ1) is 23.0. The second-order valence-corrected chi connectivity index (χ2v) is 9.80. The highest BCUT2D eigenvalue weighted by Crippen LogP contribution is 2.38. The summed E-state index contributed by atoms with van der Waals surface area (Å²) in [6.45, 7) is 2.02. The van der Waals surface area contributed by atoms with Gasteiger partial charge in [0.2, 0.25) is 0 Å².